The van der Waals surface area contributed by atoms with Gasteiger partial charge in [0.05, 0.1) is 13.2 Å². The van der Waals surface area contributed by atoms with E-state index in [4.69, 9.17) is 49.3 Å². The van der Waals surface area contributed by atoms with E-state index >= 15 is 0 Å². The number of carbonyl (C=O) groups excluding carboxylic acids is 1. The van der Waals surface area contributed by atoms with Gasteiger partial charge in [0.1, 0.15) is 73.1 Å². The standard InChI is InChI=1S/C26H42N2O37S5.C3H6Cl/c1-4(30)27-7-9(31)13(6(56-23(7)39)3-55-67(43,44)45)58-26-19(65-70(52,53)54)12(34)16(20(62-26)22(37)38)60-24-8(28-66(40,41)42)15(63-68(46,47)48)14(5(2-29)57-24)59-25-18(64-69(49,50)51)11(33)10(32)17(61-25)21(35)36;1-2-3-4/h5-20,23-26,28-29,31-34,39H,2-3H2,1H3,(H,27,30)(H,35,36)(H,37,38)(H,40,41,42)(H,43,44,45)(H,46,47,48)(H,49,50,51)(H,52,53,54);1-3H2/t5-,6+,7-,8-,9-,10-,11-,12+,13-,14-,15-,16+,17-,18+,19-,20+,23-,24+,25+,26-;/m1./s1. The van der Waals surface area contributed by atoms with Crippen LogP contribution in [0.15, 0.2) is 0 Å². The van der Waals surface area contributed by atoms with Crippen molar-refractivity contribution in [1.29, 1.82) is 0 Å². The first kappa shape index (κ1) is 65.8. The Morgan fingerprint density at radius 3 is 1.46 bits per heavy atom. The molecule has 0 aromatic heterocycles. The molecule has 15 N–H and O–H groups in total. The first-order valence-corrected chi connectivity index (χ1v) is 27.2. The maximum Gasteiger partial charge on any atom is 0.397 e. The van der Waals surface area contributed by atoms with Crippen LogP contribution in [0.2, 0.25) is 0 Å². The molecule has 39 nitrogen and oxygen atoms in total. The number of aliphatic hydroxyl groups excluding tert-OH is 6. The Bertz CT molecular complexity index is 2490. The molecule has 4 fully saturated rings. The molecule has 1 amide bonds. The smallest absolute Gasteiger partial charge is 0.397 e. The Morgan fingerprint density at radius 2 is 1.03 bits per heavy atom. The molecule has 0 saturated carbocycles. The molecule has 4 aliphatic rings. The predicted molar refractivity (Wildman–Crippen MR) is 221 cm³/mol. The number of carbonyl (C=O) groups is 3. The summed E-state index contributed by atoms with van der Waals surface area (Å²) in [7, 11) is -29.1. The molecule has 0 aromatic carbocycles. The van der Waals surface area contributed by atoms with Crippen molar-refractivity contribution in [3.05, 3.63) is 6.92 Å². The van der Waals surface area contributed by atoms with Crippen LogP contribution in [0.3, 0.4) is 0 Å². The first-order chi connectivity index (χ1) is 33.7. The monoisotopic (exact) mass is 1210 g/mol. The highest BCUT2D eigenvalue weighted by molar-refractivity contribution is 7.83. The van der Waals surface area contributed by atoms with Gasteiger partial charge in [0, 0.05) is 12.8 Å². The zero-order valence-electron chi connectivity index (χ0n) is 36.6. The van der Waals surface area contributed by atoms with Crippen molar-refractivity contribution < 1.29 is 170 Å². The second-order valence-corrected chi connectivity index (χ2v) is 20.9. The third kappa shape index (κ3) is 19.2. The number of hydrogen-bond acceptors (Lipinski definition) is 30. The largest absolute Gasteiger partial charge is 0.479 e. The number of ether oxygens (including phenoxy) is 7. The van der Waals surface area contributed by atoms with E-state index in [0.717, 1.165) is 13.3 Å². The average Bonchev–Trinajstić information content (AvgIpc) is 3.23. The van der Waals surface area contributed by atoms with Crippen molar-refractivity contribution in [3.8, 4) is 0 Å². The summed E-state index contributed by atoms with van der Waals surface area (Å²) < 4.78 is 222. The van der Waals surface area contributed by atoms with Gasteiger partial charge in [0.2, 0.25) is 5.91 Å². The molecule has 0 aromatic rings. The lowest BCUT2D eigenvalue weighted by molar-refractivity contribution is -0.366. The van der Waals surface area contributed by atoms with Crippen molar-refractivity contribution in [2.45, 2.75) is 136 Å². The predicted octanol–water partition coefficient (Wildman–Crippen LogP) is -9.26. The van der Waals surface area contributed by atoms with Crippen LogP contribution in [0.4, 0.5) is 0 Å². The lowest BCUT2D eigenvalue weighted by atomic mass is 9.94. The van der Waals surface area contributed by atoms with Crippen LogP contribution >= 0.6 is 11.6 Å². The van der Waals surface area contributed by atoms with Gasteiger partial charge in [-0.1, -0.05) is 6.92 Å². The number of halogens is 1. The Morgan fingerprint density at radius 1 is 0.568 bits per heavy atom. The number of amides is 1. The molecule has 4 aliphatic heterocycles. The van der Waals surface area contributed by atoms with E-state index in [1.807, 2.05) is 5.32 Å². The van der Waals surface area contributed by atoms with Gasteiger partial charge in [-0.25, -0.2) is 26.3 Å². The Balaban J connectivity index is 0.00000348. The number of carboxylic acids is 2. The van der Waals surface area contributed by atoms with Gasteiger partial charge >= 0.3 is 63.8 Å². The molecule has 0 spiro atoms. The zero-order valence-corrected chi connectivity index (χ0v) is 41.5. The van der Waals surface area contributed by atoms with Crippen LogP contribution in [-0.2, 0) is 116 Å². The molecule has 0 aliphatic carbocycles. The van der Waals surface area contributed by atoms with Crippen LogP contribution in [0.25, 0.3) is 0 Å². The zero-order chi connectivity index (χ0) is 56.8. The number of hydrogen-bond donors (Lipinski definition) is 15. The molecule has 74 heavy (non-hydrogen) atoms. The van der Waals surface area contributed by atoms with E-state index in [0.29, 0.717) is 5.88 Å². The van der Waals surface area contributed by atoms with Crippen molar-refractivity contribution in [1.82, 2.24) is 10.0 Å². The van der Waals surface area contributed by atoms with Crippen molar-refractivity contribution in [2.24, 2.45) is 0 Å². The number of carboxylic acid groups (broad SMARTS) is 2. The second-order valence-electron chi connectivity index (χ2n) is 15.1. The van der Waals surface area contributed by atoms with Crippen LogP contribution in [-0.4, -0.2) is 265 Å². The molecule has 20 atom stereocenters. The van der Waals surface area contributed by atoms with Crippen molar-refractivity contribution >= 4 is 81.3 Å². The number of aliphatic carboxylic acids is 2. The van der Waals surface area contributed by atoms with Crippen LogP contribution < -0.4 is 10.0 Å². The maximum absolute atomic E-state index is 12.7. The van der Waals surface area contributed by atoms with Gasteiger partial charge in [-0.3, -0.25) is 27.6 Å². The fourth-order valence-corrected chi connectivity index (χ4v) is 9.43. The minimum atomic E-state index is -6.09. The van der Waals surface area contributed by atoms with E-state index in [2.05, 4.69) is 23.7 Å². The number of aliphatic hydroxyl groups is 6. The molecular formula is C29H48ClN2O37S5. The molecule has 0 bridgehead atoms. The summed E-state index contributed by atoms with van der Waals surface area (Å²) in [5, 5.41) is 86.0. The summed E-state index contributed by atoms with van der Waals surface area (Å²) in [6, 6.07) is -4.96. The second kappa shape index (κ2) is 26.5. The topological polar surface area (TPSA) is 610 Å². The summed E-state index contributed by atoms with van der Waals surface area (Å²) in [4.78, 5) is 36.4. The number of nitrogens with one attached hydrogen (secondary N) is 2. The normalized spacial score (nSPS) is 37.5. The minimum absolute atomic E-state index is 0.681. The highest BCUT2D eigenvalue weighted by atomic mass is 35.5. The Hall–Kier alpha value is -2.47. The van der Waals surface area contributed by atoms with E-state index in [9.17, 15) is 116 Å². The summed E-state index contributed by atoms with van der Waals surface area (Å²) in [6.07, 6.45) is -48.2. The van der Waals surface area contributed by atoms with Crippen LogP contribution in [0.5, 0.6) is 0 Å². The van der Waals surface area contributed by atoms with Gasteiger partial charge in [-0.2, -0.15) is 46.8 Å². The third-order valence-corrected chi connectivity index (χ3v) is 12.5. The molecule has 4 rings (SSSR count). The number of alkyl halides is 1. The molecule has 0 unspecified atom stereocenters. The lowest BCUT2D eigenvalue weighted by Gasteiger charge is -2.50. The quantitative estimate of drug-likeness (QED) is 0.0354. The lowest BCUT2D eigenvalue weighted by Crippen LogP contribution is -2.71. The Labute approximate surface area is 422 Å². The van der Waals surface area contributed by atoms with Gasteiger partial charge in [-0.15, -0.1) is 11.6 Å². The summed E-state index contributed by atoms with van der Waals surface area (Å²) in [6.45, 7) is 1.23. The molecular weight excluding hydrogens is 1160 g/mol. The highest BCUT2D eigenvalue weighted by Crippen LogP contribution is 2.37. The van der Waals surface area contributed by atoms with E-state index < -0.39 is 206 Å². The minimum Gasteiger partial charge on any atom is -0.479 e. The number of rotatable bonds is 22. The SMILES string of the molecule is CC(=O)N[C@@H]1[C@@H](O)[C@H](O[C@@H]2O[C@H](C(=O)O)[C@@H](O[C@@H]3O[C@H](CO)[C@@H](O[C@H]4O[C@@H](C(=O)O)[C@H](O)[C@@H](O)[C@@H]4OS(=O)(=O)O)[C@H](OS(=O)(=O)O)[C@H]3NS(=O)(=O)O)[C@H](O)[C@H]2OS(=O)(=O)O)[C@H](COS(=O)(=O)O)O[C@H]1O.[CH2]CCCl. The molecule has 4 heterocycles. The van der Waals surface area contributed by atoms with Crippen molar-refractivity contribution in [2.75, 3.05) is 19.1 Å². The molecule has 1 radical (unpaired) electrons. The third-order valence-electron chi connectivity index (χ3n) is 9.81. The fourth-order valence-electron chi connectivity index (χ4n) is 7.05. The van der Waals surface area contributed by atoms with E-state index in [1.54, 1.807) is 0 Å². The first-order valence-electron chi connectivity index (χ1n) is 19.7. The van der Waals surface area contributed by atoms with E-state index in [1.165, 1.54) is 4.72 Å². The highest BCUT2D eigenvalue weighted by Gasteiger charge is 2.60. The van der Waals surface area contributed by atoms with Crippen molar-refractivity contribution in [3.63, 3.8) is 0 Å². The van der Waals surface area contributed by atoms with Gasteiger partial charge in [0.25, 0.3) is 0 Å². The van der Waals surface area contributed by atoms with Crippen LogP contribution in [0.1, 0.15) is 13.3 Å². The summed E-state index contributed by atoms with van der Waals surface area (Å²) >= 11 is 5.12. The maximum atomic E-state index is 12.7. The average molecular weight is 1210 g/mol. The van der Waals surface area contributed by atoms with Gasteiger partial charge < -0.3 is 79.3 Å². The Kier molecular flexibility index (Phi) is 23.5. The van der Waals surface area contributed by atoms with E-state index in [-0.39, 0.29) is 0 Å². The molecule has 433 valence electrons. The summed E-state index contributed by atoms with van der Waals surface area (Å²) in [5.41, 5.74) is 0. The molecule has 4 saturated heterocycles. The van der Waals surface area contributed by atoms with Crippen LogP contribution in [0, 0.1) is 6.92 Å². The van der Waals surface area contributed by atoms with Gasteiger partial charge in [0.15, 0.2) is 49.6 Å². The fraction of sp³-hybridized carbons (Fsp3) is 0.862. The van der Waals surface area contributed by atoms with Gasteiger partial charge in [-0.05, 0) is 6.42 Å². The molecule has 45 heteroatoms. The summed E-state index contributed by atoms with van der Waals surface area (Å²) in [5.74, 6) is -4.81.